The molecule has 0 radical (unpaired) electrons. The number of anilines is 1. The minimum atomic E-state index is -0.339. The first-order valence-electron chi connectivity index (χ1n) is 7.35. The van der Waals surface area contributed by atoms with E-state index in [0.717, 1.165) is 6.42 Å². The Bertz CT molecular complexity index is 763. The molecular weight excluding hydrogens is 294 g/mol. The summed E-state index contributed by atoms with van der Waals surface area (Å²) in [6.45, 7) is 1.90. The van der Waals surface area contributed by atoms with Crippen LogP contribution in [0.1, 0.15) is 22.8 Å². The standard InChI is InChI=1S/C17H19N3O3/c1-3-12-4-7-14(8-5-12)19-15(21)11-20-10-13(17(23)18-2)6-9-16(20)22/h4-10H,3,11H2,1-2H3,(H,18,23)(H,19,21). The van der Waals surface area contributed by atoms with Crippen LogP contribution in [-0.4, -0.2) is 23.4 Å². The number of aryl methyl sites for hydroxylation is 1. The molecule has 0 fully saturated rings. The number of rotatable bonds is 5. The van der Waals surface area contributed by atoms with E-state index in [1.54, 1.807) is 0 Å². The molecule has 1 aromatic carbocycles. The average molecular weight is 313 g/mol. The van der Waals surface area contributed by atoms with E-state index >= 15 is 0 Å². The molecule has 0 bridgehead atoms. The Kier molecular flexibility index (Phi) is 5.30. The molecule has 2 N–H and O–H groups in total. The molecule has 2 aromatic rings. The maximum atomic E-state index is 12.1. The fraction of sp³-hybridized carbons (Fsp3) is 0.235. The molecule has 0 spiro atoms. The van der Waals surface area contributed by atoms with Gasteiger partial charge in [-0.25, -0.2) is 0 Å². The van der Waals surface area contributed by atoms with Crippen LogP contribution >= 0.6 is 0 Å². The number of amides is 2. The van der Waals surface area contributed by atoms with Gasteiger partial charge in [0.05, 0.1) is 5.56 Å². The lowest BCUT2D eigenvalue weighted by Crippen LogP contribution is -2.29. The molecule has 2 amide bonds. The van der Waals surface area contributed by atoms with E-state index < -0.39 is 0 Å². The van der Waals surface area contributed by atoms with Gasteiger partial charge in [-0.05, 0) is 30.2 Å². The van der Waals surface area contributed by atoms with Gasteiger partial charge >= 0.3 is 0 Å². The third kappa shape index (κ3) is 4.29. The number of hydrogen-bond donors (Lipinski definition) is 2. The van der Waals surface area contributed by atoms with Crippen molar-refractivity contribution in [3.05, 3.63) is 64.1 Å². The highest BCUT2D eigenvalue weighted by Gasteiger charge is 2.09. The van der Waals surface area contributed by atoms with Crippen molar-refractivity contribution in [1.29, 1.82) is 0 Å². The van der Waals surface area contributed by atoms with E-state index in [4.69, 9.17) is 0 Å². The predicted octanol–water partition coefficient (Wildman–Crippen LogP) is 1.41. The molecule has 6 nitrogen and oxygen atoms in total. The highest BCUT2D eigenvalue weighted by molar-refractivity contribution is 5.94. The molecule has 1 aromatic heterocycles. The van der Waals surface area contributed by atoms with Crippen LogP contribution in [0.2, 0.25) is 0 Å². The van der Waals surface area contributed by atoms with Gasteiger partial charge in [-0.3, -0.25) is 14.4 Å². The van der Waals surface area contributed by atoms with Crippen molar-refractivity contribution in [2.45, 2.75) is 19.9 Å². The minimum absolute atomic E-state index is 0.154. The van der Waals surface area contributed by atoms with Crippen molar-refractivity contribution in [2.24, 2.45) is 0 Å². The van der Waals surface area contributed by atoms with Gasteiger partial charge in [0.15, 0.2) is 0 Å². The summed E-state index contributed by atoms with van der Waals surface area (Å²) < 4.78 is 1.21. The van der Waals surface area contributed by atoms with Crippen molar-refractivity contribution in [2.75, 3.05) is 12.4 Å². The molecular formula is C17H19N3O3. The maximum Gasteiger partial charge on any atom is 0.252 e. The number of hydrogen-bond acceptors (Lipinski definition) is 3. The van der Waals surface area contributed by atoms with Gasteiger partial charge in [0.25, 0.3) is 11.5 Å². The number of carbonyl (C=O) groups is 2. The molecule has 2 rings (SSSR count). The monoisotopic (exact) mass is 313 g/mol. The molecule has 120 valence electrons. The topological polar surface area (TPSA) is 80.2 Å². The zero-order valence-electron chi connectivity index (χ0n) is 13.1. The summed E-state index contributed by atoms with van der Waals surface area (Å²) in [7, 11) is 1.50. The maximum absolute atomic E-state index is 12.1. The van der Waals surface area contributed by atoms with Crippen LogP contribution in [-0.2, 0) is 17.8 Å². The molecule has 0 aliphatic carbocycles. The highest BCUT2D eigenvalue weighted by atomic mass is 16.2. The van der Waals surface area contributed by atoms with Crippen LogP contribution < -0.4 is 16.2 Å². The fourth-order valence-electron chi connectivity index (χ4n) is 2.11. The van der Waals surface area contributed by atoms with Crippen LogP contribution in [0, 0.1) is 0 Å². The SMILES string of the molecule is CCc1ccc(NC(=O)Cn2cc(C(=O)NC)ccc2=O)cc1. The first kappa shape index (κ1) is 16.5. The van der Waals surface area contributed by atoms with Gasteiger partial charge in [-0.15, -0.1) is 0 Å². The number of pyridine rings is 1. The number of carbonyl (C=O) groups excluding carboxylic acids is 2. The second kappa shape index (κ2) is 7.40. The largest absolute Gasteiger partial charge is 0.355 e. The van der Waals surface area contributed by atoms with E-state index in [-0.39, 0.29) is 23.9 Å². The van der Waals surface area contributed by atoms with E-state index in [2.05, 4.69) is 17.6 Å². The van der Waals surface area contributed by atoms with Crippen LogP contribution in [0.4, 0.5) is 5.69 Å². The third-order valence-electron chi connectivity index (χ3n) is 3.43. The van der Waals surface area contributed by atoms with Crippen LogP contribution in [0.5, 0.6) is 0 Å². The molecule has 6 heteroatoms. The van der Waals surface area contributed by atoms with Gasteiger partial charge in [-0.1, -0.05) is 19.1 Å². The Labute approximate surface area is 134 Å². The first-order chi connectivity index (χ1) is 11.0. The van der Waals surface area contributed by atoms with Crippen molar-refractivity contribution >= 4 is 17.5 Å². The Morgan fingerprint density at radius 3 is 2.39 bits per heavy atom. The quantitative estimate of drug-likeness (QED) is 0.876. The van der Waals surface area contributed by atoms with E-state index in [1.807, 2.05) is 24.3 Å². The van der Waals surface area contributed by atoms with Gasteiger partial charge in [-0.2, -0.15) is 0 Å². The van der Waals surface area contributed by atoms with E-state index in [0.29, 0.717) is 11.3 Å². The number of nitrogens with zero attached hydrogens (tertiary/aromatic N) is 1. The minimum Gasteiger partial charge on any atom is -0.355 e. The lowest BCUT2D eigenvalue weighted by atomic mass is 10.1. The summed E-state index contributed by atoms with van der Waals surface area (Å²) in [5.41, 5.74) is 1.83. The van der Waals surface area contributed by atoms with Crippen LogP contribution in [0.25, 0.3) is 0 Å². The van der Waals surface area contributed by atoms with Crippen molar-refractivity contribution in [1.82, 2.24) is 9.88 Å². The molecule has 0 saturated heterocycles. The summed E-state index contributed by atoms with van der Waals surface area (Å²) in [6, 6.07) is 10.2. The molecule has 0 saturated carbocycles. The molecule has 0 atom stereocenters. The molecule has 1 heterocycles. The molecule has 0 aliphatic rings. The highest BCUT2D eigenvalue weighted by Crippen LogP contribution is 2.10. The van der Waals surface area contributed by atoms with Gasteiger partial charge in [0.2, 0.25) is 5.91 Å². The van der Waals surface area contributed by atoms with Gasteiger partial charge in [0.1, 0.15) is 6.54 Å². The zero-order valence-corrected chi connectivity index (χ0v) is 13.1. The average Bonchev–Trinajstić information content (AvgIpc) is 2.56. The van der Waals surface area contributed by atoms with Crippen molar-refractivity contribution in [3.63, 3.8) is 0 Å². The molecule has 0 unspecified atom stereocenters. The summed E-state index contributed by atoms with van der Waals surface area (Å²) in [4.78, 5) is 35.5. The summed E-state index contributed by atoms with van der Waals surface area (Å²) in [5.74, 6) is -0.639. The summed E-state index contributed by atoms with van der Waals surface area (Å²) in [6.07, 6.45) is 2.30. The van der Waals surface area contributed by atoms with Crippen molar-refractivity contribution < 1.29 is 9.59 Å². The van der Waals surface area contributed by atoms with Crippen LogP contribution in [0.3, 0.4) is 0 Å². The van der Waals surface area contributed by atoms with Crippen LogP contribution in [0.15, 0.2) is 47.4 Å². The number of nitrogens with one attached hydrogen (secondary N) is 2. The molecule has 0 aliphatic heterocycles. The lowest BCUT2D eigenvalue weighted by Gasteiger charge is -2.09. The smallest absolute Gasteiger partial charge is 0.252 e. The Morgan fingerprint density at radius 1 is 1.09 bits per heavy atom. The lowest BCUT2D eigenvalue weighted by molar-refractivity contribution is -0.116. The second-order valence-corrected chi connectivity index (χ2v) is 5.06. The fourth-order valence-corrected chi connectivity index (χ4v) is 2.11. The number of aromatic nitrogens is 1. The van der Waals surface area contributed by atoms with E-state index in [9.17, 15) is 14.4 Å². The Hall–Kier alpha value is -2.89. The summed E-state index contributed by atoms with van der Waals surface area (Å²) in [5, 5.41) is 5.21. The Balaban J connectivity index is 2.10. The second-order valence-electron chi connectivity index (χ2n) is 5.06. The number of benzene rings is 1. The van der Waals surface area contributed by atoms with Crippen molar-refractivity contribution in [3.8, 4) is 0 Å². The molecule has 23 heavy (non-hydrogen) atoms. The zero-order chi connectivity index (χ0) is 16.8. The summed E-state index contributed by atoms with van der Waals surface area (Å²) >= 11 is 0. The predicted molar refractivity (Wildman–Crippen MR) is 88.5 cm³/mol. The Morgan fingerprint density at radius 2 is 1.78 bits per heavy atom. The van der Waals surface area contributed by atoms with Gasteiger partial charge in [0, 0.05) is 25.0 Å². The van der Waals surface area contributed by atoms with Gasteiger partial charge < -0.3 is 15.2 Å². The van der Waals surface area contributed by atoms with E-state index in [1.165, 1.54) is 35.5 Å². The third-order valence-corrected chi connectivity index (χ3v) is 3.43. The normalized spacial score (nSPS) is 10.2. The first-order valence-corrected chi connectivity index (χ1v) is 7.35.